The van der Waals surface area contributed by atoms with Crippen LogP contribution in [0.25, 0.3) is 17.0 Å². The van der Waals surface area contributed by atoms with Crippen molar-refractivity contribution in [2.45, 2.75) is 64.1 Å². The van der Waals surface area contributed by atoms with E-state index >= 15 is 0 Å². The first kappa shape index (κ1) is 29.9. The molecule has 0 aliphatic heterocycles. The van der Waals surface area contributed by atoms with E-state index in [4.69, 9.17) is 14.5 Å². The van der Waals surface area contributed by atoms with Gasteiger partial charge >= 0.3 is 6.18 Å². The molecule has 224 valence electrons. The van der Waals surface area contributed by atoms with Crippen molar-refractivity contribution in [2.75, 3.05) is 26.2 Å². The maximum Gasteiger partial charge on any atom is 0.419 e. The Bertz CT molecular complexity index is 1400. The summed E-state index contributed by atoms with van der Waals surface area (Å²) in [5.41, 5.74) is 1.49. The topological polar surface area (TPSA) is 39.5 Å². The van der Waals surface area contributed by atoms with Crippen molar-refractivity contribution < 1.29 is 27.0 Å². The Morgan fingerprint density at radius 3 is 2.38 bits per heavy atom. The third-order valence-corrected chi connectivity index (χ3v) is 7.99. The molecule has 1 aromatic heterocycles. The van der Waals surface area contributed by atoms with Crippen LogP contribution in [0.1, 0.15) is 63.3 Å². The number of hydrogen-bond acceptors (Lipinski definition) is 4. The Labute approximate surface area is 244 Å². The van der Waals surface area contributed by atoms with Crippen LogP contribution < -0.4 is 9.47 Å². The number of aromatic nitrogens is 2. The van der Waals surface area contributed by atoms with Crippen LogP contribution in [0, 0.1) is 5.82 Å². The highest BCUT2D eigenvalue weighted by molar-refractivity contribution is 5.66. The molecule has 1 saturated carbocycles. The molecule has 0 bridgehead atoms. The molecule has 1 unspecified atom stereocenters. The van der Waals surface area contributed by atoms with Crippen LogP contribution in [0.3, 0.4) is 0 Å². The van der Waals surface area contributed by atoms with E-state index in [0.29, 0.717) is 25.0 Å². The lowest BCUT2D eigenvalue weighted by molar-refractivity contribution is -0.140. The lowest BCUT2D eigenvalue weighted by Gasteiger charge is -2.26. The summed E-state index contributed by atoms with van der Waals surface area (Å²) in [5.74, 6) is 0.895. The molecule has 42 heavy (non-hydrogen) atoms. The van der Waals surface area contributed by atoms with Gasteiger partial charge in [-0.2, -0.15) is 13.2 Å². The summed E-state index contributed by atoms with van der Waals surface area (Å²) in [4.78, 5) is 7.40. The Morgan fingerprint density at radius 1 is 1.02 bits per heavy atom. The van der Waals surface area contributed by atoms with E-state index in [2.05, 4.69) is 23.3 Å². The normalized spacial score (nSPS) is 17.3. The predicted octanol–water partition coefficient (Wildman–Crippen LogP) is 8.33. The average molecular weight is 584 g/mol. The van der Waals surface area contributed by atoms with Gasteiger partial charge in [0.1, 0.15) is 29.2 Å². The smallest absolute Gasteiger partial charge is 0.419 e. The number of nitrogens with zero attached hydrogens (tertiary/aromatic N) is 3. The molecule has 0 radical (unpaired) electrons. The predicted molar refractivity (Wildman–Crippen MR) is 156 cm³/mol. The number of ether oxygens (including phenoxy) is 2. The Hall–Kier alpha value is -3.59. The van der Waals surface area contributed by atoms with E-state index in [1.54, 1.807) is 0 Å². The highest BCUT2D eigenvalue weighted by Gasteiger charge is 2.34. The maximum absolute atomic E-state index is 13.7. The van der Waals surface area contributed by atoms with E-state index in [-0.39, 0.29) is 5.75 Å². The molecule has 0 N–H and O–H groups in total. The minimum Gasteiger partial charge on any atom is -0.494 e. The van der Waals surface area contributed by atoms with Gasteiger partial charge in [0, 0.05) is 36.3 Å². The summed E-state index contributed by atoms with van der Waals surface area (Å²) in [6.45, 7) is 8.12. The highest BCUT2D eigenvalue weighted by Crippen LogP contribution is 2.39. The number of allylic oxidation sites excluding steroid dienone is 2. The fourth-order valence-electron chi connectivity index (χ4n) is 5.26. The molecule has 9 heteroatoms. The zero-order valence-electron chi connectivity index (χ0n) is 24.0. The van der Waals surface area contributed by atoms with Crippen LogP contribution in [-0.4, -0.2) is 46.8 Å². The summed E-state index contributed by atoms with van der Waals surface area (Å²) in [7, 11) is 0. The maximum atomic E-state index is 13.7. The van der Waals surface area contributed by atoms with E-state index in [9.17, 15) is 17.6 Å². The third-order valence-electron chi connectivity index (χ3n) is 7.99. The van der Waals surface area contributed by atoms with Crippen LogP contribution in [0.4, 0.5) is 17.6 Å². The zero-order valence-corrected chi connectivity index (χ0v) is 24.0. The van der Waals surface area contributed by atoms with Crippen molar-refractivity contribution in [1.29, 1.82) is 0 Å². The molecule has 2 aliphatic carbocycles. The Kier molecular flexibility index (Phi) is 9.36. The number of alkyl halides is 3. The molecular weight excluding hydrogens is 546 g/mol. The molecule has 1 heterocycles. The van der Waals surface area contributed by atoms with Gasteiger partial charge in [0.05, 0.1) is 17.9 Å². The van der Waals surface area contributed by atoms with Gasteiger partial charge in [-0.25, -0.2) is 9.37 Å². The number of benzene rings is 2. The summed E-state index contributed by atoms with van der Waals surface area (Å²) in [6, 6.07) is 10.7. The lowest BCUT2D eigenvalue weighted by atomic mass is 9.84. The second-order valence-electron chi connectivity index (χ2n) is 10.8. The quantitative estimate of drug-likeness (QED) is 0.159. The van der Waals surface area contributed by atoms with E-state index in [1.807, 2.05) is 48.7 Å². The molecule has 2 aliphatic rings. The van der Waals surface area contributed by atoms with Gasteiger partial charge in [0.15, 0.2) is 0 Å². The van der Waals surface area contributed by atoms with E-state index in [1.165, 1.54) is 12.5 Å². The van der Waals surface area contributed by atoms with Crippen molar-refractivity contribution in [3.05, 3.63) is 84.1 Å². The molecular formula is C33H37F4N3O2. The molecule has 0 saturated heterocycles. The van der Waals surface area contributed by atoms with Gasteiger partial charge in [-0.1, -0.05) is 26.3 Å². The fourth-order valence-corrected chi connectivity index (χ4v) is 5.26. The van der Waals surface area contributed by atoms with Gasteiger partial charge < -0.3 is 18.9 Å². The second-order valence-corrected chi connectivity index (χ2v) is 10.8. The van der Waals surface area contributed by atoms with Crippen molar-refractivity contribution >= 4 is 5.70 Å². The zero-order chi connectivity index (χ0) is 29.7. The lowest BCUT2D eigenvalue weighted by Crippen LogP contribution is -2.25. The third kappa shape index (κ3) is 7.06. The van der Waals surface area contributed by atoms with Crippen molar-refractivity contribution in [3.63, 3.8) is 0 Å². The van der Waals surface area contributed by atoms with Crippen LogP contribution in [0.15, 0.2) is 66.9 Å². The van der Waals surface area contributed by atoms with Gasteiger partial charge in [-0.15, -0.1) is 0 Å². The second kappa shape index (κ2) is 13.2. The monoisotopic (exact) mass is 583 g/mol. The fraction of sp³-hybridized carbons (Fsp3) is 0.424. The molecule has 3 aromatic rings. The summed E-state index contributed by atoms with van der Waals surface area (Å²) >= 11 is 0. The van der Waals surface area contributed by atoms with Crippen LogP contribution in [0.5, 0.6) is 11.5 Å². The first-order chi connectivity index (χ1) is 20.2. The first-order valence-electron chi connectivity index (χ1n) is 14.7. The Morgan fingerprint density at radius 2 is 1.76 bits per heavy atom. The summed E-state index contributed by atoms with van der Waals surface area (Å²) < 4.78 is 66.8. The number of rotatable bonds is 12. The molecule has 1 fully saturated rings. The molecule has 0 spiro atoms. The average Bonchev–Trinajstić information content (AvgIpc) is 3.38. The summed E-state index contributed by atoms with van der Waals surface area (Å²) in [6.07, 6.45) is 7.32. The van der Waals surface area contributed by atoms with Crippen molar-refractivity contribution in [3.8, 4) is 22.8 Å². The van der Waals surface area contributed by atoms with Gasteiger partial charge in [0.25, 0.3) is 0 Å². The minimum atomic E-state index is -4.78. The number of halogens is 4. The molecule has 5 rings (SSSR count). The Balaban J connectivity index is 1.25. The van der Waals surface area contributed by atoms with Crippen LogP contribution >= 0.6 is 0 Å². The molecule has 2 aromatic carbocycles. The van der Waals surface area contributed by atoms with Gasteiger partial charge in [-0.05, 0) is 87.0 Å². The van der Waals surface area contributed by atoms with Crippen LogP contribution in [-0.2, 0) is 6.18 Å². The standard InChI is InChI=1S/C33H37F4N3O2/c1-3-39(4-2)19-6-20-41-26-13-9-23(10-14-26)31-22-40(32(38-31)24-7-5-8-24)25-11-15-27(16-12-25)42-28-17-18-30(34)29(21-28)33(35,36)37/h9-15,17-18,21-22,24,27H,3-8,16,19-20H2,1-2H3. The number of hydrogen-bond donors (Lipinski definition) is 0. The molecule has 0 amide bonds. The van der Waals surface area contributed by atoms with E-state index in [0.717, 1.165) is 73.5 Å². The molecule has 1 atom stereocenters. The van der Waals surface area contributed by atoms with Gasteiger partial charge in [-0.3, -0.25) is 0 Å². The van der Waals surface area contributed by atoms with Crippen molar-refractivity contribution in [1.82, 2.24) is 14.5 Å². The molecule has 5 nitrogen and oxygen atoms in total. The SMILES string of the molecule is CCN(CC)CCCOc1ccc(-c2cn(C3=CCC(Oc4ccc(F)c(C(F)(F)F)c4)C=C3)c(C3CCC3)n2)cc1. The first-order valence-corrected chi connectivity index (χ1v) is 14.7. The summed E-state index contributed by atoms with van der Waals surface area (Å²) in [5, 5.41) is 0. The number of imidazole rings is 1. The largest absolute Gasteiger partial charge is 0.494 e. The van der Waals surface area contributed by atoms with Crippen molar-refractivity contribution in [2.24, 2.45) is 0 Å². The minimum absolute atomic E-state index is 0.0217. The van der Waals surface area contributed by atoms with Gasteiger partial charge in [0.2, 0.25) is 0 Å². The highest BCUT2D eigenvalue weighted by atomic mass is 19.4. The van der Waals surface area contributed by atoms with Crippen LogP contribution in [0.2, 0.25) is 0 Å². The van der Waals surface area contributed by atoms with E-state index < -0.39 is 23.7 Å².